The molecule has 23 heavy (non-hydrogen) atoms. The van der Waals surface area contributed by atoms with Gasteiger partial charge in [-0.3, -0.25) is 0 Å². The minimum Gasteiger partial charge on any atom is -0.497 e. The molecular weight excluding hydrogens is 296 g/mol. The maximum atomic E-state index is 12.0. The van der Waals surface area contributed by atoms with Gasteiger partial charge >= 0.3 is 12.0 Å². The van der Waals surface area contributed by atoms with Crippen molar-refractivity contribution in [2.75, 3.05) is 12.4 Å². The van der Waals surface area contributed by atoms with E-state index in [0.717, 1.165) is 5.56 Å². The van der Waals surface area contributed by atoms with Crippen molar-refractivity contribution in [2.24, 2.45) is 0 Å². The summed E-state index contributed by atoms with van der Waals surface area (Å²) in [5.41, 5.74) is 1.35. The molecule has 0 saturated carbocycles. The topological polar surface area (TPSA) is 87.7 Å². The van der Waals surface area contributed by atoms with Crippen molar-refractivity contribution in [1.82, 2.24) is 5.32 Å². The number of ether oxygens (including phenoxy) is 1. The van der Waals surface area contributed by atoms with Crippen LogP contribution in [-0.2, 0) is 11.2 Å². The number of carboxylic acids is 1. The van der Waals surface area contributed by atoms with Crippen molar-refractivity contribution >= 4 is 17.7 Å². The van der Waals surface area contributed by atoms with Crippen LogP contribution < -0.4 is 15.4 Å². The summed E-state index contributed by atoms with van der Waals surface area (Å²) in [6.45, 7) is 0. The molecule has 0 heterocycles. The zero-order valence-corrected chi connectivity index (χ0v) is 12.7. The highest BCUT2D eigenvalue weighted by Crippen LogP contribution is 2.16. The Labute approximate surface area is 134 Å². The quantitative estimate of drug-likeness (QED) is 0.764. The average molecular weight is 314 g/mol. The number of amides is 2. The molecule has 0 radical (unpaired) electrons. The summed E-state index contributed by atoms with van der Waals surface area (Å²) < 4.78 is 5.07. The van der Waals surface area contributed by atoms with Crippen LogP contribution in [0, 0.1) is 0 Å². The Morgan fingerprint density at radius 2 is 1.87 bits per heavy atom. The van der Waals surface area contributed by atoms with Crippen LogP contribution in [0.3, 0.4) is 0 Å². The van der Waals surface area contributed by atoms with E-state index in [1.165, 1.54) is 7.11 Å². The average Bonchev–Trinajstić information content (AvgIpc) is 2.55. The highest BCUT2D eigenvalue weighted by molar-refractivity contribution is 5.92. The van der Waals surface area contributed by atoms with Crippen LogP contribution in [0.1, 0.15) is 5.56 Å². The fraction of sp³-hybridized carbons (Fsp3) is 0.176. The van der Waals surface area contributed by atoms with Gasteiger partial charge in [-0.1, -0.05) is 36.4 Å². The third-order valence-corrected chi connectivity index (χ3v) is 3.21. The van der Waals surface area contributed by atoms with Gasteiger partial charge < -0.3 is 20.5 Å². The van der Waals surface area contributed by atoms with Crippen molar-refractivity contribution in [2.45, 2.75) is 12.5 Å². The molecule has 2 amide bonds. The van der Waals surface area contributed by atoms with Crippen LogP contribution >= 0.6 is 0 Å². The van der Waals surface area contributed by atoms with Crippen molar-refractivity contribution in [1.29, 1.82) is 0 Å². The smallest absolute Gasteiger partial charge is 0.326 e. The molecule has 2 rings (SSSR count). The van der Waals surface area contributed by atoms with Crippen molar-refractivity contribution in [3.8, 4) is 5.75 Å². The molecule has 6 heteroatoms. The number of carboxylic acid groups (broad SMARTS) is 1. The summed E-state index contributed by atoms with van der Waals surface area (Å²) in [5.74, 6) is -0.489. The lowest BCUT2D eigenvalue weighted by Gasteiger charge is -2.15. The first-order chi connectivity index (χ1) is 11.1. The number of carbonyl (C=O) groups is 2. The van der Waals surface area contributed by atoms with Crippen molar-refractivity contribution in [3.63, 3.8) is 0 Å². The van der Waals surface area contributed by atoms with Crippen molar-refractivity contribution < 1.29 is 19.4 Å². The third-order valence-electron chi connectivity index (χ3n) is 3.21. The van der Waals surface area contributed by atoms with E-state index >= 15 is 0 Å². The molecule has 0 aromatic heterocycles. The molecule has 0 aliphatic heterocycles. The number of nitrogens with one attached hydrogen (secondary N) is 2. The Bertz CT molecular complexity index is 673. The van der Waals surface area contributed by atoms with Gasteiger partial charge in [0.25, 0.3) is 0 Å². The molecule has 2 aromatic rings. The molecular formula is C17H18N2O4. The first-order valence-corrected chi connectivity index (χ1v) is 7.07. The standard InChI is InChI=1S/C17H18N2O4/c1-23-14-9-5-8-13(11-14)18-17(22)19-15(16(20)21)10-12-6-3-2-4-7-12/h2-9,11,15H,10H2,1H3,(H,20,21)(H2,18,19,22)/t15-/m0/s1. The molecule has 1 atom stereocenters. The Kier molecular flexibility index (Phi) is 5.57. The summed E-state index contributed by atoms with van der Waals surface area (Å²) in [6, 6.07) is 14.4. The minimum atomic E-state index is -1.09. The summed E-state index contributed by atoms with van der Waals surface area (Å²) >= 11 is 0. The van der Waals surface area contributed by atoms with E-state index in [-0.39, 0.29) is 6.42 Å². The van der Waals surface area contributed by atoms with E-state index in [1.54, 1.807) is 24.3 Å². The SMILES string of the molecule is COc1cccc(NC(=O)N[C@@H](Cc2ccccc2)C(=O)O)c1. The molecule has 0 aliphatic rings. The minimum absolute atomic E-state index is 0.210. The summed E-state index contributed by atoms with van der Waals surface area (Å²) in [7, 11) is 1.53. The third kappa shape index (κ3) is 5.03. The van der Waals surface area contributed by atoms with Gasteiger partial charge in [0.1, 0.15) is 11.8 Å². The first-order valence-electron chi connectivity index (χ1n) is 7.07. The van der Waals surface area contributed by atoms with E-state index in [4.69, 9.17) is 4.74 Å². The number of methoxy groups -OCH3 is 1. The summed E-state index contributed by atoms with van der Waals surface area (Å²) in [4.78, 5) is 23.3. The lowest BCUT2D eigenvalue weighted by atomic mass is 10.1. The van der Waals surface area contributed by atoms with Crippen LogP contribution in [0.5, 0.6) is 5.75 Å². The summed E-state index contributed by atoms with van der Waals surface area (Å²) in [5, 5.41) is 14.3. The monoisotopic (exact) mass is 314 g/mol. The van der Waals surface area contributed by atoms with Gasteiger partial charge in [-0.15, -0.1) is 0 Å². The van der Waals surface area contributed by atoms with Gasteiger partial charge in [-0.25, -0.2) is 9.59 Å². The Morgan fingerprint density at radius 1 is 1.13 bits per heavy atom. The number of benzene rings is 2. The van der Waals surface area contributed by atoms with E-state index < -0.39 is 18.0 Å². The predicted molar refractivity (Wildman–Crippen MR) is 86.7 cm³/mol. The molecule has 0 unspecified atom stereocenters. The van der Waals surface area contributed by atoms with Crippen LogP contribution in [0.25, 0.3) is 0 Å². The highest BCUT2D eigenvalue weighted by atomic mass is 16.5. The largest absolute Gasteiger partial charge is 0.497 e. The second-order valence-electron chi connectivity index (χ2n) is 4.91. The number of aliphatic carboxylic acids is 1. The second kappa shape index (κ2) is 7.84. The van der Waals surface area contributed by atoms with Crippen LogP contribution in [0.2, 0.25) is 0 Å². The van der Waals surface area contributed by atoms with Crippen LogP contribution in [0.4, 0.5) is 10.5 Å². The molecule has 0 aliphatic carbocycles. The van der Waals surface area contributed by atoms with Crippen molar-refractivity contribution in [3.05, 3.63) is 60.2 Å². The Morgan fingerprint density at radius 3 is 2.52 bits per heavy atom. The predicted octanol–water partition coefficient (Wildman–Crippen LogP) is 2.51. The molecule has 0 saturated heterocycles. The molecule has 0 fully saturated rings. The zero-order chi connectivity index (χ0) is 16.7. The number of anilines is 1. The summed E-state index contributed by atoms with van der Waals surface area (Å²) in [6.07, 6.45) is 0.210. The lowest BCUT2D eigenvalue weighted by molar-refractivity contribution is -0.139. The van der Waals surface area contributed by atoms with E-state index in [0.29, 0.717) is 11.4 Å². The highest BCUT2D eigenvalue weighted by Gasteiger charge is 2.20. The molecule has 0 bridgehead atoms. The number of carbonyl (C=O) groups excluding carboxylic acids is 1. The van der Waals surface area contributed by atoms with E-state index in [1.807, 2.05) is 30.3 Å². The second-order valence-corrected chi connectivity index (χ2v) is 4.91. The van der Waals surface area contributed by atoms with Crippen LogP contribution in [-0.4, -0.2) is 30.3 Å². The number of hydrogen-bond donors (Lipinski definition) is 3. The van der Waals surface area contributed by atoms with Gasteiger partial charge in [0.05, 0.1) is 7.11 Å². The maximum absolute atomic E-state index is 12.0. The van der Waals surface area contributed by atoms with Gasteiger partial charge in [0.2, 0.25) is 0 Å². The molecule has 120 valence electrons. The number of rotatable bonds is 6. The van der Waals surface area contributed by atoms with Gasteiger partial charge in [0, 0.05) is 18.2 Å². The molecule has 0 spiro atoms. The lowest BCUT2D eigenvalue weighted by Crippen LogP contribution is -2.44. The van der Waals surface area contributed by atoms with Gasteiger partial charge in [-0.2, -0.15) is 0 Å². The number of urea groups is 1. The first kappa shape index (κ1) is 16.4. The maximum Gasteiger partial charge on any atom is 0.326 e. The molecule has 6 nitrogen and oxygen atoms in total. The normalized spacial score (nSPS) is 11.3. The van der Waals surface area contributed by atoms with E-state index in [2.05, 4.69) is 10.6 Å². The molecule has 2 aromatic carbocycles. The molecule has 3 N–H and O–H groups in total. The van der Waals surface area contributed by atoms with E-state index in [9.17, 15) is 14.7 Å². The fourth-order valence-electron chi connectivity index (χ4n) is 2.08. The fourth-order valence-corrected chi connectivity index (χ4v) is 2.08. The Hall–Kier alpha value is -3.02. The van der Waals surface area contributed by atoms with Gasteiger partial charge in [0.15, 0.2) is 0 Å². The Balaban J connectivity index is 1.99. The van der Waals surface area contributed by atoms with Gasteiger partial charge in [-0.05, 0) is 17.7 Å². The zero-order valence-electron chi connectivity index (χ0n) is 12.7. The number of hydrogen-bond acceptors (Lipinski definition) is 3. The van der Waals surface area contributed by atoms with Crippen LogP contribution in [0.15, 0.2) is 54.6 Å².